The Hall–Kier alpha value is -1.12. The van der Waals surface area contributed by atoms with Gasteiger partial charge in [0, 0.05) is 4.88 Å². The van der Waals surface area contributed by atoms with Gasteiger partial charge in [-0.05, 0) is 17.0 Å². The predicted molar refractivity (Wildman–Crippen MR) is 57.3 cm³/mol. The Bertz CT molecular complexity index is 407. The predicted octanol–water partition coefficient (Wildman–Crippen LogP) is 3.56. The molecule has 0 aliphatic carbocycles. The van der Waals surface area contributed by atoms with Gasteiger partial charge in [-0.2, -0.15) is 0 Å². The van der Waals surface area contributed by atoms with Crippen molar-refractivity contribution in [3.05, 3.63) is 58.3 Å². The first-order valence-corrected chi connectivity index (χ1v) is 5.57. The molecule has 1 aromatic carbocycles. The molecule has 0 radical (unpaired) electrons. The molecule has 1 aliphatic rings. The third kappa shape index (κ3) is 1.37. The highest BCUT2D eigenvalue weighted by Gasteiger charge is 2.41. The zero-order chi connectivity index (χ0) is 9.38. The van der Waals surface area contributed by atoms with Crippen molar-refractivity contribution in [2.24, 2.45) is 0 Å². The lowest BCUT2D eigenvalue weighted by molar-refractivity contribution is 0.379. The smallest absolute Gasteiger partial charge is 0.123 e. The summed E-state index contributed by atoms with van der Waals surface area (Å²) in [5, 5.41) is 2.10. The average Bonchev–Trinajstić information content (AvgIpc) is 2.87. The Morgan fingerprint density at radius 3 is 2.50 bits per heavy atom. The van der Waals surface area contributed by atoms with Gasteiger partial charge in [-0.3, -0.25) is 0 Å². The van der Waals surface area contributed by atoms with Crippen LogP contribution in [-0.4, -0.2) is 0 Å². The third-order valence-electron chi connectivity index (χ3n) is 2.44. The van der Waals surface area contributed by atoms with Crippen LogP contribution in [0.3, 0.4) is 0 Å². The molecule has 70 valence electrons. The zero-order valence-corrected chi connectivity index (χ0v) is 8.41. The standard InChI is InChI=1S/C12H10OS/c1-2-5-9(6-3-1)11-12(13-11)10-7-4-8-14-10/h1-8,11-12H/t11-,12+/m1/s1. The van der Waals surface area contributed by atoms with E-state index in [1.54, 1.807) is 11.3 Å². The van der Waals surface area contributed by atoms with Crippen LogP contribution < -0.4 is 0 Å². The van der Waals surface area contributed by atoms with Crippen LogP contribution >= 0.6 is 11.3 Å². The van der Waals surface area contributed by atoms with Crippen molar-refractivity contribution in [2.75, 3.05) is 0 Å². The first-order chi connectivity index (χ1) is 6.95. The molecule has 2 heteroatoms. The van der Waals surface area contributed by atoms with Crippen LogP contribution in [0.2, 0.25) is 0 Å². The SMILES string of the molecule is c1ccc([C@H]2O[C@H]2c2cccs2)cc1. The number of rotatable bonds is 2. The summed E-state index contributed by atoms with van der Waals surface area (Å²) in [4.78, 5) is 1.33. The monoisotopic (exact) mass is 202 g/mol. The second-order valence-corrected chi connectivity index (χ2v) is 4.38. The van der Waals surface area contributed by atoms with Gasteiger partial charge < -0.3 is 4.74 Å². The summed E-state index contributed by atoms with van der Waals surface area (Å²) in [6.07, 6.45) is 0.590. The summed E-state index contributed by atoms with van der Waals surface area (Å²) >= 11 is 1.77. The summed E-state index contributed by atoms with van der Waals surface area (Å²) in [6.45, 7) is 0. The van der Waals surface area contributed by atoms with Gasteiger partial charge in [-0.1, -0.05) is 36.4 Å². The molecule has 1 nitrogen and oxygen atoms in total. The first kappa shape index (κ1) is 8.21. The molecule has 0 amide bonds. The van der Waals surface area contributed by atoms with E-state index in [-0.39, 0.29) is 6.10 Å². The van der Waals surface area contributed by atoms with Crippen LogP contribution in [-0.2, 0) is 4.74 Å². The fraction of sp³-hybridized carbons (Fsp3) is 0.167. The molecule has 1 saturated heterocycles. The van der Waals surface area contributed by atoms with E-state index >= 15 is 0 Å². The largest absolute Gasteiger partial charge is 0.359 e. The molecular formula is C12H10OS. The summed E-state index contributed by atoms with van der Waals surface area (Å²) in [6, 6.07) is 14.6. The van der Waals surface area contributed by atoms with Gasteiger partial charge in [0.05, 0.1) is 0 Å². The van der Waals surface area contributed by atoms with Gasteiger partial charge in [0.25, 0.3) is 0 Å². The van der Waals surface area contributed by atoms with Gasteiger partial charge in [0.2, 0.25) is 0 Å². The highest BCUT2D eigenvalue weighted by molar-refractivity contribution is 7.10. The highest BCUT2D eigenvalue weighted by Crippen LogP contribution is 2.51. The highest BCUT2D eigenvalue weighted by atomic mass is 32.1. The third-order valence-corrected chi connectivity index (χ3v) is 3.38. The Morgan fingerprint density at radius 2 is 1.79 bits per heavy atom. The molecule has 0 spiro atoms. The normalized spacial score (nSPS) is 24.9. The molecular weight excluding hydrogens is 192 g/mol. The van der Waals surface area contributed by atoms with Gasteiger partial charge in [-0.25, -0.2) is 0 Å². The van der Waals surface area contributed by atoms with E-state index in [1.165, 1.54) is 10.4 Å². The van der Waals surface area contributed by atoms with Crippen LogP contribution in [0.4, 0.5) is 0 Å². The molecule has 0 saturated carbocycles. The molecule has 0 bridgehead atoms. The number of hydrogen-bond acceptors (Lipinski definition) is 2. The fourth-order valence-corrected chi connectivity index (χ4v) is 2.46. The topological polar surface area (TPSA) is 12.5 Å². The lowest BCUT2D eigenvalue weighted by Crippen LogP contribution is -1.80. The average molecular weight is 202 g/mol. The molecule has 2 heterocycles. The molecule has 1 aromatic heterocycles. The van der Waals surface area contributed by atoms with Gasteiger partial charge >= 0.3 is 0 Å². The van der Waals surface area contributed by atoms with Crippen molar-refractivity contribution in [1.82, 2.24) is 0 Å². The molecule has 1 aliphatic heterocycles. The maximum Gasteiger partial charge on any atom is 0.123 e. The molecule has 0 N–H and O–H groups in total. The molecule has 2 atom stereocenters. The number of benzene rings is 1. The van der Waals surface area contributed by atoms with Crippen LogP contribution in [0.15, 0.2) is 47.8 Å². The van der Waals surface area contributed by atoms with Crippen molar-refractivity contribution in [2.45, 2.75) is 12.2 Å². The first-order valence-electron chi connectivity index (χ1n) is 4.69. The van der Waals surface area contributed by atoms with E-state index in [0.717, 1.165) is 0 Å². The van der Waals surface area contributed by atoms with Crippen molar-refractivity contribution >= 4 is 11.3 Å². The fourth-order valence-electron chi connectivity index (χ4n) is 1.68. The van der Waals surface area contributed by atoms with Crippen LogP contribution in [0, 0.1) is 0 Å². The summed E-state index contributed by atoms with van der Waals surface area (Å²) < 4.78 is 5.66. The van der Waals surface area contributed by atoms with Crippen LogP contribution in [0.5, 0.6) is 0 Å². The van der Waals surface area contributed by atoms with Crippen molar-refractivity contribution in [3.63, 3.8) is 0 Å². The van der Waals surface area contributed by atoms with Gasteiger partial charge in [0.1, 0.15) is 12.2 Å². The van der Waals surface area contributed by atoms with E-state index < -0.39 is 0 Å². The van der Waals surface area contributed by atoms with E-state index in [4.69, 9.17) is 4.74 Å². The van der Waals surface area contributed by atoms with Crippen molar-refractivity contribution < 1.29 is 4.74 Å². The second kappa shape index (κ2) is 3.23. The second-order valence-electron chi connectivity index (χ2n) is 3.40. The van der Waals surface area contributed by atoms with Crippen molar-refractivity contribution in [1.29, 1.82) is 0 Å². The molecule has 0 unspecified atom stereocenters. The number of epoxide rings is 1. The Morgan fingerprint density at radius 1 is 0.929 bits per heavy atom. The molecule has 1 fully saturated rings. The maximum absolute atomic E-state index is 5.66. The van der Waals surface area contributed by atoms with Crippen LogP contribution in [0.1, 0.15) is 22.6 Å². The Balaban J connectivity index is 1.81. The Labute approximate surface area is 87.0 Å². The molecule has 3 rings (SSSR count). The Kier molecular flexibility index (Phi) is 1.89. The number of hydrogen-bond donors (Lipinski definition) is 0. The quantitative estimate of drug-likeness (QED) is 0.678. The van der Waals surface area contributed by atoms with E-state index in [9.17, 15) is 0 Å². The summed E-state index contributed by atoms with van der Waals surface area (Å²) in [5.74, 6) is 0. The summed E-state index contributed by atoms with van der Waals surface area (Å²) in [7, 11) is 0. The minimum absolute atomic E-state index is 0.287. The minimum atomic E-state index is 0.287. The van der Waals surface area contributed by atoms with E-state index in [2.05, 4.69) is 41.8 Å². The van der Waals surface area contributed by atoms with Gasteiger partial charge in [-0.15, -0.1) is 11.3 Å². The van der Waals surface area contributed by atoms with Gasteiger partial charge in [0.15, 0.2) is 0 Å². The lowest BCUT2D eigenvalue weighted by atomic mass is 10.1. The van der Waals surface area contributed by atoms with Crippen molar-refractivity contribution in [3.8, 4) is 0 Å². The van der Waals surface area contributed by atoms with Crippen LogP contribution in [0.25, 0.3) is 0 Å². The molecule has 2 aromatic rings. The maximum atomic E-state index is 5.66. The number of thiophene rings is 1. The zero-order valence-electron chi connectivity index (χ0n) is 7.59. The van der Waals surface area contributed by atoms with E-state index in [0.29, 0.717) is 6.10 Å². The van der Waals surface area contributed by atoms with E-state index in [1.807, 2.05) is 6.07 Å². The minimum Gasteiger partial charge on any atom is -0.359 e. The summed E-state index contributed by atoms with van der Waals surface area (Å²) in [5.41, 5.74) is 1.28. The lowest BCUT2D eigenvalue weighted by Gasteiger charge is -1.92. The number of ether oxygens (including phenoxy) is 1. The molecule has 14 heavy (non-hydrogen) atoms.